The third kappa shape index (κ3) is 6.06. The molecule has 2 aromatic rings. The molecule has 2 rings (SSSR count). The van der Waals surface area contributed by atoms with Crippen molar-refractivity contribution in [3.05, 3.63) is 64.5 Å². The summed E-state index contributed by atoms with van der Waals surface area (Å²) >= 11 is 0. The van der Waals surface area contributed by atoms with Gasteiger partial charge in [-0.15, -0.1) is 0 Å². The number of nitrogens with zero attached hydrogens (tertiary/aromatic N) is 4. The van der Waals surface area contributed by atoms with Gasteiger partial charge in [0, 0.05) is 24.1 Å². The van der Waals surface area contributed by atoms with Crippen molar-refractivity contribution >= 4 is 19.9 Å². The molecule has 0 bridgehead atoms. The van der Waals surface area contributed by atoms with E-state index in [9.17, 15) is 30.7 Å². The first kappa shape index (κ1) is 26.7. The van der Waals surface area contributed by atoms with Gasteiger partial charge < -0.3 is 5.11 Å². The summed E-state index contributed by atoms with van der Waals surface area (Å²) in [4.78, 5) is 0.400. The lowest BCUT2D eigenvalue weighted by Gasteiger charge is -2.28. The molecule has 2 atom stereocenters. The van der Waals surface area contributed by atoms with E-state index in [4.69, 9.17) is 5.53 Å². The van der Waals surface area contributed by atoms with Crippen LogP contribution in [0.4, 0.5) is 8.78 Å². The fourth-order valence-corrected chi connectivity index (χ4v) is 6.76. The molecule has 0 radical (unpaired) electrons. The lowest BCUT2D eigenvalue weighted by molar-refractivity contribution is 0.122. The van der Waals surface area contributed by atoms with E-state index in [-0.39, 0.29) is 12.5 Å². The topological polar surface area (TPSA) is 141 Å². The Kier molecular flexibility index (Phi) is 8.55. The minimum Gasteiger partial charge on any atom is -0.391 e. The summed E-state index contributed by atoms with van der Waals surface area (Å²) in [6, 6.07) is 5.57. The standard InChI is InChI=1S/C20H24F2N4O5S2/c1-13(2)11-26(12-17(27)14(3)24-25-23)33(30,31)20-7-5-4-6-19(20)32(28,29)18-9-8-15(21)10-16(18)22/h4-10,13-14,17,27H,11-12H2,1-3H3/t14-,17?/m0/s1. The fraction of sp³-hybridized carbons (Fsp3) is 0.400. The summed E-state index contributed by atoms with van der Waals surface area (Å²) in [5.74, 6) is -2.56. The second-order valence-corrected chi connectivity index (χ2v) is 11.5. The summed E-state index contributed by atoms with van der Waals surface area (Å²) < 4.78 is 81.8. The smallest absolute Gasteiger partial charge is 0.244 e. The van der Waals surface area contributed by atoms with E-state index < -0.39 is 64.9 Å². The molecule has 1 N–H and O–H groups in total. The van der Waals surface area contributed by atoms with Crippen LogP contribution in [0.3, 0.4) is 0 Å². The van der Waals surface area contributed by atoms with E-state index in [2.05, 4.69) is 10.0 Å². The average Bonchev–Trinajstić information content (AvgIpc) is 2.72. The first-order chi connectivity index (χ1) is 15.3. The second-order valence-electron chi connectivity index (χ2n) is 7.75. The molecule has 0 heterocycles. The van der Waals surface area contributed by atoms with E-state index in [1.807, 2.05) is 0 Å². The van der Waals surface area contributed by atoms with E-state index in [0.29, 0.717) is 6.07 Å². The molecule has 0 amide bonds. The van der Waals surface area contributed by atoms with E-state index in [1.54, 1.807) is 13.8 Å². The highest BCUT2D eigenvalue weighted by atomic mass is 32.2. The van der Waals surface area contributed by atoms with Gasteiger partial charge in [-0.1, -0.05) is 38.0 Å². The largest absolute Gasteiger partial charge is 0.391 e. The Bertz CT molecular complexity index is 1260. The molecule has 13 heteroatoms. The van der Waals surface area contributed by atoms with Crippen LogP contribution in [-0.4, -0.2) is 51.5 Å². The van der Waals surface area contributed by atoms with Crippen LogP contribution < -0.4 is 0 Å². The highest BCUT2D eigenvalue weighted by Crippen LogP contribution is 2.31. The summed E-state index contributed by atoms with van der Waals surface area (Å²) in [6.45, 7) is 4.30. The highest BCUT2D eigenvalue weighted by molar-refractivity contribution is 7.93. The zero-order valence-corrected chi connectivity index (χ0v) is 19.8. The maximum atomic E-state index is 14.3. The van der Waals surface area contributed by atoms with Gasteiger partial charge in [-0.3, -0.25) is 0 Å². The van der Waals surface area contributed by atoms with Crippen LogP contribution in [0.15, 0.2) is 62.3 Å². The Hall–Kier alpha value is -2.57. The number of hydrogen-bond donors (Lipinski definition) is 1. The molecule has 2 aromatic carbocycles. The summed E-state index contributed by atoms with van der Waals surface area (Å²) in [6.07, 6.45) is -1.37. The molecule has 9 nitrogen and oxygen atoms in total. The third-order valence-electron chi connectivity index (χ3n) is 4.69. The lowest BCUT2D eigenvalue weighted by Crippen LogP contribution is -2.43. The Morgan fingerprint density at radius 1 is 1.00 bits per heavy atom. The maximum absolute atomic E-state index is 14.3. The molecule has 0 saturated heterocycles. The number of halogens is 2. The van der Waals surface area contributed by atoms with Gasteiger partial charge in [0.05, 0.1) is 17.0 Å². The molecule has 0 aliphatic carbocycles. The van der Waals surface area contributed by atoms with Crippen molar-refractivity contribution in [3.8, 4) is 0 Å². The number of sulfone groups is 1. The van der Waals surface area contributed by atoms with Crippen LogP contribution in [0.5, 0.6) is 0 Å². The van der Waals surface area contributed by atoms with E-state index in [0.717, 1.165) is 28.6 Å². The predicted molar refractivity (Wildman–Crippen MR) is 116 cm³/mol. The second kappa shape index (κ2) is 10.6. The van der Waals surface area contributed by atoms with Crippen LogP contribution in [0, 0.1) is 17.6 Å². The SMILES string of the molecule is CC(C)CN(CC(O)[C@H](C)N=[N+]=[N-])S(=O)(=O)c1ccccc1S(=O)(=O)c1ccc(F)cc1F. The van der Waals surface area contributed by atoms with Gasteiger partial charge in [0.1, 0.15) is 21.4 Å². The summed E-state index contributed by atoms with van der Waals surface area (Å²) in [5.41, 5.74) is 8.57. The third-order valence-corrected chi connectivity index (χ3v) is 8.55. The van der Waals surface area contributed by atoms with Crippen molar-refractivity contribution in [1.29, 1.82) is 0 Å². The molecule has 0 aromatic heterocycles. The molecule has 0 saturated carbocycles. The number of benzene rings is 2. The molecule has 33 heavy (non-hydrogen) atoms. The Morgan fingerprint density at radius 3 is 2.15 bits per heavy atom. The van der Waals surface area contributed by atoms with Crippen molar-refractivity contribution in [2.45, 2.75) is 47.6 Å². The van der Waals surface area contributed by atoms with Gasteiger partial charge in [0.25, 0.3) is 0 Å². The highest BCUT2D eigenvalue weighted by Gasteiger charge is 2.35. The molecular weight excluding hydrogens is 478 g/mol. The first-order valence-electron chi connectivity index (χ1n) is 9.84. The average molecular weight is 503 g/mol. The predicted octanol–water partition coefficient (Wildman–Crippen LogP) is 3.50. The van der Waals surface area contributed by atoms with Gasteiger partial charge in [0.15, 0.2) is 0 Å². The minimum atomic E-state index is -4.69. The quantitative estimate of drug-likeness (QED) is 0.229. The van der Waals surface area contributed by atoms with Crippen LogP contribution in [0.2, 0.25) is 0 Å². The van der Waals surface area contributed by atoms with E-state index in [1.165, 1.54) is 19.1 Å². The molecular formula is C20H24F2N4O5S2. The van der Waals surface area contributed by atoms with Crippen molar-refractivity contribution in [3.63, 3.8) is 0 Å². The number of sulfonamides is 1. The fourth-order valence-electron chi connectivity index (χ4n) is 3.03. The Labute approximate surface area is 191 Å². The number of aliphatic hydroxyl groups is 1. The lowest BCUT2D eigenvalue weighted by atomic mass is 10.2. The normalized spacial score (nSPS) is 14.2. The maximum Gasteiger partial charge on any atom is 0.244 e. The summed E-state index contributed by atoms with van der Waals surface area (Å²) in [5, 5.41) is 13.7. The minimum absolute atomic E-state index is 0.0817. The van der Waals surface area contributed by atoms with Crippen LogP contribution in [-0.2, 0) is 19.9 Å². The Morgan fingerprint density at radius 2 is 1.61 bits per heavy atom. The van der Waals surface area contributed by atoms with Gasteiger partial charge >= 0.3 is 0 Å². The molecule has 0 aliphatic rings. The number of hydrogen-bond acceptors (Lipinski definition) is 6. The molecule has 0 fully saturated rings. The van der Waals surface area contributed by atoms with Gasteiger partial charge in [-0.2, -0.15) is 4.31 Å². The van der Waals surface area contributed by atoms with Gasteiger partial charge in [0.2, 0.25) is 19.9 Å². The first-order valence-corrected chi connectivity index (χ1v) is 12.8. The van der Waals surface area contributed by atoms with Crippen molar-refractivity contribution in [2.24, 2.45) is 11.0 Å². The molecule has 180 valence electrons. The molecule has 1 unspecified atom stereocenters. The van der Waals surface area contributed by atoms with Crippen LogP contribution in [0.1, 0.15) is 20.8 Å². The van der Waals surface area contributed by atoms with Crippen LogP contribution in [0.25, 0.3) is 10.4 Å². The summed E-state index contributed by atoms with van der Waals surface area (Å²) in [7, 11) is -9.21. The number of aliphatic hydroxyl groups excluding tert-OH is 1. The Balaban J connectivity index is 2.63. The van der Waals surface area contributed by atoms with Crippen molar-refractivity contribution in [2.75, 3.05) is 13.1 Å². The number of azide groups is 1. The van der Waals surface area contributed by atoms with Crippen LogP contribution >= 0.6 is 0 Å². The molecule has 0 spiro atoms. The van der Waals surface area contributed by atoms with E-state index >= 15 is 0 Å². The number of rotatable bonds is 10. The van der Waals surface area contributed by atoms with Crippen molar-refractivity contribution in [1.82, 2.24) is 4.31 Å². The zero-order chi connectivity index (χ0) is 25.0. The van der Waals surface area contributed by atoms with Gasteiger partial charge in [-0.25, -0.2) is 25.6 Å². The zero-order valence-electron chi connectivity index (χ0n) is 18.1. The van der Waals surface area contributed by atoms with Gasteiger partial charge in [-0.05, 0) is 35.7 Å². The monoisotopic (exact) mass is 502 g/mol. The van der Waals surface area contributed by atoms with Crippen molar-refractivity contribution < 1.29 is 30.7 Å². The molecule has 0 aliphatic heterocycles.